The minimum absolute atomic E-state index is 0.0844. The number of carbonyl (C=O) groups excluding carboxylic acids is 1. The monoisotopic (exact) mass is 292 g/mol. The highest BCUT2D eigenvalue weighted by Crippen LogP contribution is 2.22. The van der Waals surface area contributed by atoms with Gasteiger partial charge in [0.15, 0.2) is 0 Å². The average Bonchev–Trinajstić information content (AvgIpc) is 2.17. The summed E-state index contributed by atoms with van der Waals surface area (Å²) in [5, 5.41) is 3.36. The van der Waals surface area contributed by atoms with Gasteiger partial charge >= 0.3 is 5.97 Å². The number of carbonyl (C=O) groups is 1. The number of ether oxygens (including phenoxy) is 1. The molecule has 1 aromatic heterocycles. The number of rotatable bonds is 4. The first-order chi connectivity index (χ1) is 7.13. The molecule has 15 heavy (non-hydrogen) atoms. The van der Waals surface area contributed by atoms with Crippen molar-refractivity contribution in [1.29, 1.82) is 0 Å². The van der Waals surface area contributed by atoms with Gasteiger partial charge < -0.3 is 10.1 Å². The van der Waals surface area contributed by atoms with E-state index in [9.17, 15) is 4.79 Å². The maximum atomic E-state index is 11.0. The van der Waals surface area contributed by atoms with Gasteiger partial charge in [-0.1, -0.05) is 11.6 Å². The lowest BCUT2D eigenvalue weighted by Gasteiger charge is -2.06. The minimum Gasteiger partial charge on any atom is -0.465 e. The maximum Gasteiger partial charge on any atom is 0.325 e. The highest BCUT2D eigenvalue weighted by Gasteiger charge is 2.05. The molecule has 0 aliphatic heterocycles. The van der Waals surface area contributed by atoms with E-state index in [1.165, 1.54) is 6.20 Å². The molecule has 0 unspecified atom stereocenters. The molecule has 6 heteroatoms. The van der Waals surface area contributed by atoms with Crippen LogP contribution in [0, 0.1) is 0 Å². The minimum atomic E-state index is -0.318. The van der Waals surface area contributed by atoms with Crippen LogP contribution in [-0.2, 0) is 9.53 Å². The molecule has 1 aromatic rings. The molecular weight excluding hydrogens is 283 g/mol. The molecule has 1 rings (SSSR count). The van der Waals surface area contributed by atoms with Crippen LogP contribution in [0.5, 0.6) is 0 Å². The summed E-state index contributed by atoms with van der Waals surface area (Å²) in [7, 11) is 0. The first kappa shape index (κ1) is 12.3. The molecular formula is C9H10BrClN2O2. The Bertz CT molecular complexity index is 360. The van der Waals surface area contributed by atoms with Gasteiger partial charge in [-0.05, 0) is 28.9 Å². The number of anilines is 1. The van der Waals surface area contributed by atoms with Crippen molar-refractivity contribution in [3.05, 3.63) is 21.8 Å². The summed E-state index contributed by atoms with van der Waals surface area (Å²) in [6.07, 6.45) is 1.50. The van der Waals surface area contributed by atoms with E-state index < -0.39 is 0 Å². The number of nitrogens with zero attached hydrogens (tertiary/aromatic N) is 1. The van der Waals surface area contributed by atoms with Gasteiger partial charge in [0.1, 0.15) is 12.4 Å². The molecule has 0 amide bonds. The molecule has 0 atom stereocenters. The lowest BCUT2D eigenvalue weighted by molar-refractivity contribution is -0.140. The van der Waals surface area contributed by atoms with E-state index in [0.29, 0.717) is 21.9 Å². The zero-order valence-corrected chi connectivity index (χ0v) is 10.4. The Morgan fingerprint density at radius 1 is 1.73 bits per heavy atom. The van der Waals surface area contributed by atoms with E-state index in [2.05, 4.69) is 26.2 Å². The van der Waals surface area contributed by atoms with Crippen molar-refractivity contribution in [3.8, 4) is 0 Å². The van der Waals surface area contributed by atoms with Crippen LogP contribution in [-0.4, -0.2) is 24.1 Å². The van der Waals surface area contributed by atoms with Crippen LogP contribution in [0.1, 0.15) is 6.92 Å². The van der Waals surface area contributed by atoms with Crippen LogP contribution >= 0.6 is 27.5 Å². The molecule has 0 bridgehead atoms. The summed E-state index contributed by atoms with van der Waals surface area (Å²) in [5.41, 5.74) is 0. The normalized spacial score (nSPS) is 9.80. The fourth-order valence-electron chi connectivity index (χ4n) is 0.913. The van der Waals surface area contributed by atoms with E-state index in [1.807, 2.05) is 0 Å². The highest BCUT2D eigenvalue weighted by atomic mass is 79.9. The summed E-state index contributed by atoms with van der Waals surface area (Å²) in [5.74, 6) is 0.244. The third kappa shape index (κ3) is 4.05. The molecule has 1 heterocycles. The van der Waals surface area contributed by atoms with Gasteiger partial charge in [-0.2, -0.15) is 0 Å². The van der Waals surface area contributed by atoms with Gasteiger partial charge in [0.05, 0.1) is 16.1 Å². The molecule has 0 radical (unpaired) electrons. The fraction of sp³-hybridized carbons (Fsp3) is 0.333. The van der Waals surface area contributed by atoms with Crippen LogP contribution < -0.4 is 5.32 Å². The Morgan fingerprint density at radius 3 is 3.07 bits per heavy atom. The van der Waals surface area contributed by atoms with Crippen LogP contribution in [0.2, 0.25) is 5.02 Å². The average molecular weight is 294 g/mol. The second-order valence-electron chi connectivity index (χ2n) is 2.64. The molecule has 0 spiro atoms. The molecule has 0 saturated heterocycles. The first-order valence-corrected chi connectivity index (χ1v) is 5.51. The summed E-state index contributed by atoms with van der Waals surface area (Å²) in [6.45, 7) is 2.21. The number of pyridine rings is 1. The fourth-order valence-corrected chi connectivity index (χ4v) is 1.69. The van der Waals surface area contributed by atoms with Gasteiger partial charge in [0.25, 0.3) is 0 Å². The predicted octanol–water partition coefficient (Wildman–Crippen LogP) is 2.47. The number of hydrogen-bond acceptors (Lipinski definition) is 4. The SMILES string of the molecule is CCOC(=O)CNc1ncc(Cl)cc1Br. The second-order valence-corrected chi connectivity index (χ2v) is 3.93. The zero-order valence-electron chi connectivity index (χ0n) is 8.09. The van der Waals surface area contributed by atoms with E-state index in [-0.39, 0.29) is 12.5 Å². The largest absolute Gasteiger partial charge is 0.465 e. The number of esters is 1. The zero-order chi connectivity index (χ0) is 11.3. The second kappa shape index (κ2) is 5.92. The van der Waals surface area contributed by atoms with Gasteiger partial charge in [-0.25, -0.2) is 4.98 Å². The van der Waals surface area contributed by atoms with Crippen molar-refractivity contribution < 1.29 is 9.53 Å². The lowest BCUT2D eigenvalue weighted by Crippen LogP contribution is -2.17. The van der Waals surface area contributed by atoms with Crippen molar-refractivity contribution in [3.63, 3.8) is 0 Å². The number of nitrogens with one attached hydrogen (secondary N) is 1. The van der Waals surface area contributed by atoms with Gasteiger partial charge in [-0.3, -0.25) is 4.79 Å². The third-order valence-electron chi connectivity index (χ3n) is 1.51. The van der Waals surface area contributed by atoms with Crippen molar-refractivity contribution in [2.75, 3.05) is 18.5 Å². The van der Waals surface area contributed by atoms with E-state index >= 15 is 0 Å². The molecule has 0 saturated carbocycles. The molecule has 0 fully saturated rings. The standard InChI is InChI=1S/C9H10BrClN2O2/c1-2-15-8(14)5-13-9-7(10)3-6(11)4-12-9/h3-4H,2,5H2,1H3,(H,12,13). The summed E-state index contributed by atoms with van der Waals surface area (Å²) >= 11 is 8.99. The first-order valence-electron chi connectivity index (χ1n) is 4.34. The molecule has 1 N–H and O–H groups in total. The Labute approximate surface area is 101 Å². The van der Waals surface area contributed by atoms with Crippen LogP contribution in [0.3, 0.4) is 0 Å². The lowest BCUT2D eigenvalue weighted by atomic mass is 10.4. The quantitative estimate of drug-likeness (QED) is 0.867. The predicted molar refractivity (Wildman–Crippen MR) is 62.1 cm³/mol. The molecule has 0 aliphatic rings. The van der Waals surface area contributed by atoms with Crippen molar-refractivity contribution in [2.45, 2.75) is 6.92 Å². The molecule has 4 nitrogen and oxygen atoms in total. The number of aromatic nitrogens is 1. The summed E-state index contributed by atoms with van der Waals surface area (Å²) in [6, 6.07) is 1.70. The van der Waals surface area contributed by atoms with Gasteiger partial charge in [0, 0.05) is 6.20 Å². The van der Waals surface area contributed by atoms with Gasteiger partial charge in [-0.15, -0.1) is 0 Å². The van der Waals surface area contributed by atoms with Crippen molar-refractivity contribution in [2.24, 2.45) is 0 Å². The van der Waals surface area contributed by atoms with E-state index in [0.717, 1.165) is 0 Å². The van der Waals surface area contributed by atoms with Crippen molar-refractivity contribution in [1.82, 2.24) is 4.98 Å². The Balaban J connectivity index is 2.54. The molecule has 82 valence electrons. The Kier molecular flexibility index (Phi) is 4.84. The highest BCUT2D eigenvalue weighted by molar-refractivity contribution is 9.10. The number of halogens is 2. The van der Waals surface area contributed by atoms with Crippen LogP contribution in [0.4, 0.5) is 5.82 Å². The third-order valence-corrected chi connectivity index (χ3v) is 2.32. The Hall–Kier alpha value is -0.810. The summed E-state index contributed by atoms with van der Waals surface area (Å²) < 4.78 is 5.46. The van der Waals surface area contributed by atoms with E-state index in [4.69, 9.17) is 16.3 Å². The van der Waals surface area contributed by atoms with Crippen LogP contribution in [0.25, 0.3) is 0 Å². The van der Waals surface area contributed by atoms with E-state index in [1.54, 1.807) is 13.0 Å². The number of hydrogen-bond donors (Lipinski definition) is 1. The summed E-state index contributed by atoms with van der Waals surface area (Å²) in [4.78, 5) is 15.1. The topological polar surface area (TPSA) is 51.2 Å². The Morgan fingerprint density at radius 2 is 2.47 bits per heavy atom. The van der Waals surface area contributed by atoms with Crippen LogP contribution in [0.15, 0.2) is 16.7 Å². The molecule has 0 aliphatic carbocycles. The van der Waals surface area contributed by atoms with Crippen molar-refractivity contribution >= 4 is 39.3 Å². The maximum absolute atomic E-state index is 11.0. The smallest absolute Gasteiger partial charge is 0.325 e. The van der Waals surface area contributed by atoms with Gasteiger partial charge in [0.2, 0.25) is 0 Å². The molecule has 0 aromatic carbocycles.